The van der Waals surface area contributed by atoms with E-state index < -0.39 is 11.6 Å². The highest BCUT2D eigenvalue weighted by atomic mass is 19.2. The molecule has 3 heteroatoms. The highest BCUT2D eigenvalue weighted by Crippen LogP contribution is 2.41. The van der Waals surface area contributed by atoms with E-state index in [1.807, 2.05) is 13.0 Å². The van der Waals surface area contributed by atoms with Gasteiger partial charge in [0, 0.05) is 0 Å². The fourth-order valence-corrected chi connectivity index (χ4v) is 3.48. The Morgan fingerprint density at radius 3 is 2.40 bits per heavy atom. The van der Waals surface area contributed by atoms with Crippen molar-refractivity contribution in [3.05, 3.63) is 28.8 Å². The second-order valence-corrected chi connectivity index (χ2v) is 6.51. The zero-order valence-electron chi connectivity index (χ0n) is 12.2. The first-order valence-corrected chi connectivity index (χ1v) is 7.73. The van der Waals surface area contributed by atoms with Crippen LogP contribution in [0.15, 0.2) is 6.07 Å². The van der Waals surface area contributed by atoms with E-state index in [4.69, 9.17) is 4.74 Å². The van der Waals surface area contributed by atoms with Crippen LogP contribution in [-0.4, -0.2) is 6.10 Å². The Balaban J connectivity index is 1.94. The Morgan fingerprint density at radius 2 is 1.70 bits per heavy atom. The Morgan fingerprint density at radius 1 is 1.00 bits per heavy atom. The van der Waals surface area contributed by atoms with Gasteiger partial charge in [-0.2, -0.15) is 4.39 Å². The summed E-state index contributed by atoms with van der Waals surface area (Å²) in [5.41, 5.74) is 1.42. The summed E-state index contributed by atoms with van der Waals surface area (Å²) < 4.78 is 34.1. The quantitative estimate of drug-likeness (QED) is 0.705. The Hall–Kier alpha value is -1.12. The normalized spacial score (nSPS) is 29.7. The molecule has 0 aromatic heterocycles. The summed E-state index contributed by atoms with van der Waals surface area (Å²) in [6.45, 7) is 4.13. The summed E-state index contributed by atoms with van der Waals surface area (Å²) in [5.74, 6) is -0.430. The zero-order valence-corrected chi connectivity index (χ0v) is 12.2. The SMILES string of the molecule is CC1CCC(c2cc3c(c(F)c2F)OC(C)CC3)CC1. The molecular weight excluding hydrogens is 258 g/mol. The molecule has 2 aliphatic rings. The van der Waals surface area contributed by atoms with Crippen LogP contribution in [0.2, 0.25) is 0 Å². The maximum absolute atomic E-state index is 14.3. The van der Waals surface area contributed by atoms with Gasteiger partial charge in [0.2, 0.25) is 5.82 Å². The van der Waals surface area contributed by atoms with E-state index in [9.17, 15) is 8.78 Å². The first-order valence-electron chi connectivity index (χ1n) is 7.73. The van der Waals surface area contributed by atoms with Gasteiger partial charge >= 0.3 is 0 Å². The summed E-state index contributed by atoms with van der Waals surface area (Å²) in [5, 5.41) is 0. The smallest absolute Gasteiger partial charge is 0.201 e. The van der Waals surface area contributed by atoms with Crippen LogP contribution in [-0.2, 0) is 6.42 Å². The maximum atomic E-state index is 14.3. The van der Waals surface area contributed by atoms with E-state index in [-0.39, 0.29) is 17.8 Å². The second-order valence-electron chi connectivity index (χ2n) is 6.51. The molecule has 0 amide bonds. The molecule has 0 spiro atoms. The lowest BCUT2D eigenvalue weighted by molar-refractivity contribution is 0.180. The minimum absolute atomic E-state index is 0.0298. The van der Waals surface area contributed by atoms with Gasteiger partial charge in [0.25, 0.3) is 0 Å². The van der Waals surface area contributed by atoms with Crippen molar-refractivity contribution in [3.63, 3.8) is 0 Å². The van der Waals surface area contributed by atoms with Crippen LogP contribution >= 0.6 is 0 Å². The third kappa shape index (κ3) is 2.43. The van der Waals surface area contributed by atoms with Crippen molar-refractivity contribution in [2.24, 2.45) is 5.92 Å². The third-order valence-electron chi connectivity index (χ3n) is 4.86. The molecule has 1 atom stereocenters. The van der Waals surface area contributed by atoms with E-state index in [1.54, 1.807) is 0 Å². The summed E-state index contributed by atoms with van der Waals surface area (Å²) in [7, 11) is 0. The Bertz CT molecular complexity index is 504. The first-order chi connectivity index (χ1) is 9.56. The number of fused-ring (bicyclic) bond motifs is 1. The molecule has 1 aromatic carbocycles. The molecule has 20 heavy (non-hydrogen) atoms. The van der Waals surface area contributed by atoms with Crippen LogP contribution in [0.1, 0.15) is 63.0 Å². The number of ether oxygens (including phenoxy) is 1. The molecule has 0 N–H and O–H groups in total. The predicted octanol–water partition coefficient (Wildman–Crippen LogP) is 4.97. The van der Waals surface area contributed by atoms with Crippen molar-refractivity contribution in [3.8, 4) is 5.75 Å². The van der Waals surface area contributed by atoms with Crippen molar-refractivity contribution in [2.45, 2.75) is 64.4 Å². The van der Waals surface area contributed by atoms with Gasteiger partial charge in [-0.3, -0.25) is 0 Å². The second kappa shape index (κ2) is 5.34. The van der Waals surface area contributed by atoms with Gasteiger partial charge in [-0.25, -0.2) is 4.39 Å². The van der Waals surface area contributed by atoms with E-state index >= 15 is 0 Å². The van der Waals surface area contributed by atoms with Crippen molar-refractivity contribution >= 4 is 0 Å². The fourth-order valence-electron chi connectivity index (χ4n) is 3.48. The topological polar surface area (TPSA) is 9.23 Å². The summed E-state index contributed by atoms with van der Waals surface area (Å²) in [6, 6.07) is 1.86. The van der Waals surface area contributed by atoms with E-state index in [0.29, 0.717) is 11.5 Å². The summed E-state index contributed by atoms with van der Waals surface area (Å²) in [4.78, 5) is 0. The van der Waals surface area contributed by atoms with E-state index in [0.717, 1.165) is 44.1 Å². The number of hydrogen-bond donors (Lipinski definition) is 0. The van der Waals surface area contributed by atoms with Crippen LogP contribution in [0.5, 0.6) is 5.75 Å². The van der Waals surface area contributed by atoms with Crippen molar-refractivity contribution in [1.29, 1.82) is 0 Å². The van der Waals surface area contributed by atoms with Gasteiger partial charge in [-0.1, -0.05) is 19.8 Å². The Kier molecular flexibility index (Phi) is 3.70. The average Bonchev–Trinajstić information content (AvgIpc) is 2.44. The molecule has 1 nitrogen and oxygen atoms in total. The lowest BCUT2D eigenvalue weighted by Gasteiger charge is -2.29. The molecule has 0 saturated heterocycles. The lowest BCUT2D eigenvalue weighted by Crippen LogP contribution is -2.22. The number of hydrogen-bond acceptors (Lipinski definition) is 1. The molecule has 1 aliphatic heterocycles. The third-order valence-corrected chi connectivity index (χ3v) is 4.86. The highest BCUT2D eigenvalue weighted by Gasteiger charge is 2.29. The highest BCUT2D eigenvalue weighted by molar-refractivity contribution is 5.42. The monoisotopic (exact) mass is 280 g/mol. The average molecular weight is 280 g/mol. The van der Waals surface area contributed by atoms with Gasteiger partial charge in [0.05, 0.1) is 6.10 Å². The van der Waals surface area contributed by atoms with Gasteiger partial charge in [-0.15, -0.1) is 0 Å². The Labute approximate surface area is 119 Å². The minimum atomic E-state index is -0.775. The van der Waals surface area contributed by atoms with Crippen LogP contribution in [0, 0.1) is 17.6 Å². The minimum Gasteiger partial charge on any atom is -0.487 e. The number of rotatable bonds is 1. The summed E-state index contributed by atoms with van der Waals surface area (Å²) in [6.07, 6.45) is 5.77. The van der Waals surface area contributed by atoms with Gasteiger partial charge in [0.15, 0.2) is 11.6 Å². The van der Waals surface area contributed by atoms with Crippen LogP contribution in [0.4, 0.5) is 8.78 Å². The van der Waals surface area contributed by atoms with Crippen molar-refractivity contribution in [1.82, 2.24) is 0 Å². The van der Waals surface area contributed by atoms with Crippen LogP contribution in [0.25, 0.3) is 0 Å². The van der Waals surface area contributed by atoms with Crippen molar-refractivity contribution < 1.29 is 13.5 Å². The molecule has 3 rings (SSSR count). The standard InChI is InChI=1S/C17H22F2O/c1-10-3-6-12(7-4-10)14-9-13-8-5-11(2)20-17(13)16(19)15(14)18/h9-12H,3-8H2,1-2H3. The molecule has 1 fully saturated rings. The number of halogens is 2. The van der Waals surface area contributed by atoms with E-state index in [1.165, 1.54) is 0 Å². The molecule has 110 valence electrons. The van der Waals surface area contributed by atoms with Crippen molar-refractivity contribution in [2.75, 3.05) is 0 Å². The van der Waals surface area contributed by atoms with Crippen LogP contribution in [0.3, 0.4) is 0 Å². The zero-order chi connectivity index (χ0) is 14.3. The summed E-state index contributed by atoms with van der Waals surface area (Å²) >= 11 is 0. The molecule has 1 heterocycles. The maximum Gasteiger partial charge on any atom is 0.201 e. The molecule has 0 radical (unpaired) electrons. The fraction of sp³-hybridized carbons (Fsp3) is 0.647. The molecule has 1 unspecified atom stereocenters. The number of aryl methyl sites for hydroxylation is 1. The predicted molar refractivity (Wildman–Crippen MR) is 75.1 cm³/mol. The van der Waals surface area contributed by atoms with E-state index in [2.05, 4.69) is 6.92 Å². The largest absolute Gasteiger partial charge is 0.487 e. The van der Waals surface area contributed by atoms with Gasteiger partial charge < -0.3 is 4.74 Å². The first kappa shape index (κ1) is 13.8. The molecule has 1 aliphatic carbocycles. The number of benzene rings is 1. The molecule has 1 aromatic rings. The van der Waals surface area contributed by atoms with Gasteiger partial charge in [-0.05, 0) is 61.6 Å². The molecular formula is C17H22F2O. The van der Waals surface area contributed by atoms with Gasteiger partial charge in [0.1, 0.15) is 0 Å². The molecule has 1 saturated carbocycles. The van der Waals surface area contributed by atoms with Crippen LogP contribution < -0.4 is 4.74 Å². The molecule has 0 bridgehead atoms. The lowest BCUT2D eigenvalue weighted by atomic mass is 9.78.